The van der Waals surface area contributed by atoms with E-state index in [4.69, 9.17) is 9.84 Å². The number of hydrogen-bond donors (Lipinski definition) is 2. The summed E-state index contributed by atoms with van der Waals surface area (Å²) in [5.74, 6) is -2.08. The highest BCUT2D eigenvalue weighted by Crippen LogP contribution is 2.35. The van der Waals surface area contributed by atoms with Crippen LogP contribution in [0.5, 0.6) is 11.5 Å². The van der Waals surface area contributed by atoms with E-state index in [1.54, 1.807) is 36.5 Å². The Labute approximate surface area is 251 Å². The number of carboxylic acid groups (broad SMARTS) is 1. The van der Waals surface area contributed by atoms with Crippen molar-refractivity contribution >= 4 is 39.2 Å². The molecule has 4 aromatic rings. The Morgan fingerprint density at radius 2 is 1.88 bits per heavy atom. The van der Waals surface area contributed by atoms with Gasteiger partial charge in [-0.1, -0.05) is 23.8 Å². The number of carbonyl (C=O) groups excluding carboxylic acids is 2. The molecule has 8 nitrogen and oxygen atoms in total. The number of ketones is 1. The minimum Gasteiger partial charge on any atom is -0.481 e. The summed E-state index contributed by atoms with van der Waals surface area (Å²) in [7, 11) is 0. The molecule has 2 N–H and O–H groups in total. The number of ether oxygens (including phenoxy) is 1. The third kappa shape index (κ3) is 7.60. The van der Waals surface area contributed by atoms with Crippen molar-refractivity contribution in [2.45, 2.75) is 32.6 Å². The highest BCUT2D eigenvalue weighted by atomic mass is 32.1. The van der Waals surface area contributed by atoms with E-state index >= 15 is 0 Å². The predicted octanol–water partition coefficient (Wildman–Crippen LogP) is 5.56. The highest BCUT2D eigenvalue weighted by Gasteiger charge is 2.27. The maximum absolute atomic E-state index is 14.9. The standard InChI is InChI=1S/C32H31F2N3O5S/c1-19-3-6-25(33)22(13-19)15-23(38)14-20-4-5-24(16-26(20)34)42-28-7-10-35-27-17-29(43-30(27)28)31(39)36-9-2-11-37-12-8-21(18-37)32(40)41/h3-7,10,13,16-17,21H,2,8-9,11-12,14-15,18H2,1H3,(H,36,39)(H,40,41). The fourth-order valence-corrected chi connectivity index (χ4v) is 6.11. The number of halogens is 2. The summed E-state index contributed by atoms with van der Waals surface area (Å²) in [6.45, 7) is 4.26. The van der Waals surface area contributed by atoms with Gasteiger partial charge in [-0.3, -0.25) is 19.4 Å². The van der Waals surface area contributed by atoms with E-state index in [0.717, 1.165) is 12.1 Å². The van der Waals surface area contributed by atoms with Gasteiger partial charge in [-0.05, 0) is 62.2 Å². The third-order valence-electron chi connectivity index (χ3n) is 7.39. The first-order valence-corrected chi connectivity index (χ1v) is 14.8. The quantitative estimate of drug-likeness (QED) is 0.203. The van der Waals surface area contributed by atoms with Gasteiger partial charge in [-0.25, -0.2) is 8.78 Å². The van der Waals surface area contributed by atoms with Gasteiger partial charge in [0.2, 0.25) is 0 Å². The number of nitrogens with zero attached hydrogens (tertiary/aromatic N) is 2. The van der Waals surface area contributed by atoms with Gasteiger partial charge in [0.25, 0.3) is 5.91 Å². The van der Waals surface area contributed by atoms with Gasteiger partial charge in [0.15, 0.2) is 0 Å². The Kier molecular flexibility index (Phi) is 9.42. The van der Waals surface area contributed by atoms with Crippen LogP contribution >= 0.6 is 11.3 Å². The number of fused-ring (bicyclic) bond motifs is 1. The number of aryl methyl sites for hydroxylation is 1. The number of benzene rings is 2. The van der Waals surface area contributed by atoms with Crippen molar-refractivity contribution in [1.82, 2.24) is 15.2 Å². The lowest BCUT2D eigenvalue weighted by atomic mass is 10.0. The van der Waals surface area contributed by atoms with Crippen LogP contribution in [0.1, 0.15) is 39.2 Å². The van der Waals surface area contributed by atoms with Gasteiger partial charge in [-0.15, -0.1) is 11.3 Å². The van der Waals surface area contributed by atoms with E-state index in [-0.39, 0.29) is 47.3 Å². The fourth-order valence-electron chi connectivity index (χ4n) is 5.12. The molecule has 1 unspecified atom stereocenters. The van der Waals surface area contributed by atoms with Crippen LogP contribution < -0.4 is 10.1 Å². The first-order chi connectivity index (χ1) is 20.7. The van der Waals surface area contributed by atoms with Crippen LogP contribution in [0.4, 0.5) is 8.78 Å². The van der Waals surface area contributed by atoms with Crippen molar-refractivity contribution in [1.29, 1.82) is 0 Å². The molecule has 0 bridgehead atoms. The summed E-state index contributed by atoms with van der Waals surface area (Å²) in [6.07, 6.45) is 2.59. The molecular formula is C32H31F2N3O5S. The van der Waals surface area contributed by atoms with Crippen LogP contribution in [0.3, 0.4) is 0 Å². The molecule has 1 aliphatic rings. The molecule has 0 saturated carbocycles. The van der Waals surface area contributed by atoms with Crippen molar-refractivity contribution in [2.75, 3.05) is 26.2 Å². The molecule has 43 heavy (non-hydrogen) atoms. The fraction of sp³-hybridized carbons (Fsp3) is 0.312. The topological polar surface area (TPSA) is 109 Å². The van der Waals surface area contributed by atoms with Gasteiger partial charge < -0.3 is 20.1 Å². The summed E-state index contributed by atoms with van der Waals surface area (Å²) in [4.78, 5) is 43.3. The van der Waals surface area contributed by atoms with Crippen LogP contribution in [-0.2, 0) is 22.4 Å². The van der Waals surface area contributed by atoms with E-state index in [9.17, 15) is 23.2 Å². The smallest absolute Gasteiger partial charge is 0.307 e. The molecule has 1 amide bonds. The zero-order valence-corrected chi connectivity index (χ0v) is 24.4. The molecule has 2 aromatic carbocycles. The van der Waals surface area contributed by atoms with E-state index < -0.39 is 17.6 Å². The van der Waals surface area contributed by atoms with Crippen molar-refractivity contribution in [2.24, 2.45) is 5.92 Å². The van der Waals surface area contributed by atoms with Gasteiger partial charge in [-0.2, -0.15) is 0 Å². The number of carboxylic acids is 1. The summed E-state index contributed by atoms with van der Waals surface area (Å²) in [5.41, 5.74) is 1.88. The Bertz CT molecular complexity index is 1670. The molecule has 1 fully saturated rings. The Hall–Kier alpha value is -4.22. The largest absolute Gasteiger partial charge is 0.481 e. The highest BCUT2D eigenvalue weighted by molar-refractivity contribution is 7.21. The number of thiophene rings is 1. The molecule has 3 heterocycles. The number of aliphatic carboxylic acids is 1. The van der Waals surface area contributed by atoms with Crippen LogP contribution in [0.15, 0.2) is 54.7 Å². The molecule has 1 atom stereocenters. The summed E-state index contributed by atoms with van der Waals surface area (Å²) in [6, 6.07) is 12.1. The Morgan fingerprint density at radius 1 is 1.07 bits per heavy atom. The second kappa shape index (κ2) is 13.4. The van der Waals surface area contributed by atoms with E-state index in [1.807, 2.05) is 6.92 Å². The predicted molar refractivity (Wildman–Crippen MR) is 159 cm³/mol. The second-order valence-corrected chi connectivity index (χ2v) is 11.8. The van der Waals surface area contributed by atoms with Gasteiger partial charge in [0.1, 0.15) is 28.9 Å². The molecular weight excluding hydrogens is 576 g/mol. The lowest BCUT2D eigenvalue weighted by molar-refractivity contribution is -0.141. The van der Waals surface area contributed by atoms with Crippen molar-refractivity contribution in [3.8, 4) is 11.5 Å². The zero-order valence-electron chi connectivity index (χ0n) is 23.6. The summed E-state index contributed by atoms with van der Waals surface area (Å²) in [5, 5.41) is 12.0. The van der Waals surface area contributed by atoms with Crippen molar-refractivity contribution in [3.05, 3.63) is 87.9 Å². The molecule has 0 aliphatic carbocycles. The average molecular weight is 608 g/mol. The monoisotopic (exact) mass is 607 g/mol. The number of Topliss-reactive ketones (excluding diaryl/α,β-unsaturated/α-hetero) is 1. The molecule has 5 rings (SSSR count). The average Bonchev–Trinajstić information content (AvgIpc) is 3.63. The van der Waals surface area contributed by atoms with Crippen LogP contribution in [0.2, 0.25) is 0 Å². The van der Waals surface area contributed by atoms with Crippen LogP contribution in [0, 0.1) is 24.5 Å². The van der Waals surface area contributed by atoms with Crippen LogP contribution in [0.25, 0.3) is 10.2 Å². The molecule has 224 valence electrons. The first kappa shape index (κ1) is 30.2. The number of nitrogens with one attached hydrogen (secondary N) is 1. The van der Waals surface area contributed by atoms with Gasteiger partial charge in [0.05, 0.1) is 21.0 Å². The van der Waals surface area contributed by atoms with Crippen molar-refractivity contribution < 1.29 is 33.0 Å². The van der Waals surface area contributed by atoms with Gasteiger partial charge >= 0.3 is 5.97 Å². The lowest BCUT2D eigenvalue weighted by Gasteiger charge is -2.14. The van der Waals surface area contributed by atoms with Gasteiger partial charge in [0, 0.05) is 44.3 Å². The number of carbonyl (C=O) groups is 3. The first-order valence-electron chi connectivity index (χ1n) is 14.0. The molecule has 2 aromatic heterocycles. The maximum atomic E-state index is 14.9. The molecule has 11 heteroatoms. The minimum absolute atomic E-state index is 0.125. The number of likely N-dealkylation sites (tertiary alicyclic amines) is 1. The number of hydrogen-bond acceptors (Lipinski definition) is 7. The van der Waals surface area contributed by atoms with Crippen molar-refractivity contribution in [3.63, 3.8) is 0 Å². The summed E-state index contributed by atoms with van der Waals surface area (Å²) < 4.78 is 35.5. The van der Waals surface area contributed by atoms with E-state index in [1.165, 1.54) is 29.5 Å². The minimum atomic E-state index is -0.764. The van der Waals surface area contributed by atoms with Crippen LogP contribution in [-0.4, -0.2) is 58.8 Å². The molecule has 1 aliphatic heterocycles. The SMILES string of the molecule is Cc1ccc(F)c(CC(=O)Cc2ccc(Oc3ccnc4cc(C(=O)NCCCN5CCC(C(=O)O)C5)sc34)cc2F)c1. The number of amides is 1. The normalized spacial score (nSPS) is 15.1. The third-order valence-corrected chi connectivity index (χ3v) is 8.52. The maximum Gasteiger partial charge on any atom is 0.307 e. The van der Waals surface area contributed by atoms with E-state index in [2.05, 4.69) is 15.2 Å². The Morgan fingerprint density at radius 3 is 2.65 bits per heavy atom. The number of aromatic nitrogens is 1. The number of pyridine rings is 1. The lowest BCUT2D eigenvalue weighted by Crippen LogP contribution is -2.29. The number of rotatable bonds is 12. The second-order valence-electron chi connectivity index (χ2n) is 10.7. The molecule has 1 saturated heterocycles. The molecule has 0 radical (unpaired) electrons. The Balaban J connectivity index is 1.17. The molecule has 0 spiro atoms. The summed E-state index contributed by atoms with van der Waals surface area (Å²) >= 11 is 1.21. The zero-order chi connectivity index (χ0) is 30.5. The van der Waals surface area contributed by atoms with E-state index in [0.29, 0.717) is 53.3 Å².